The van der Waals surface area contributed by atoms with E-state index in [1.807, 2.05) is 18.4 Å². The van der Waals surface area contributed by atoms with Crippen LogP contribution in [-0.4, -0.2) is 40.7 Å². The summed E-state index contributed by atoms with van der Waals surface area (Å²) in [6.45, 7) is 9.45. The summed E-state index contributed by atoms with van der Waals surface area (Å²) in [5.41, 5.74) is -0.723. The van der Waals surface area contributed by atoms with E-state index in [1.165, 1.54) is 0 Å². The Morgan fingerprint density at radius 3 is 2.19 bits per heavy atom. The van der Waals surface area contributed by atoms with Gasteiger partial charge in [-0.05, 0) is 51.9 Å². The third-order valence-corrected chi connectivity index (χ3v) is 6.26. The Kier molecular flexibility index (Phi) is 7.57. The minimum atomic E-state index is -0.500. The zero-order valence-electron chi connectivity index (χ0n) is 19.3. The highest BCUT2D eigenvalue weighted by Gasteiger charge is 2.31. The van der Waals surface area contributed by atoms with Crippen molar-refractivity contribution in [2.45, 2.75) is 96.9 Å². The SMILES string of the molecule is CC(C)CCn1cc(C(=O)NC2CCCC2)c(=O)c(C(=O)N[C@@H]2CCOC(C)(C)C2)c1. The van der Waals surface area contributed by atoms with Crippen LogP contribution in [-0.2, 0) is 11.3 Å². The van der Waals surface area contributed by atoms with Crippen molar-refractivity contribution >= 4 is 11.8 Å². The molecule has 2 aliphatic rings. The van der Waals surface area contributed by atoms with Gasteiger partial charge in [0.25, 0.3) is 11.8 Å². The first-order chi connectivity index (χ1) is 14.6. The minimum absolute atomic E-state index is 0.0344. The van der Waals surface area contributed by atoms with E-state index in [1.54, 1.807) is 12.4 Å². The molecule has 1 aromatic heterocycles. The van der Waals surface area contributed by atoms with Gasteiger partial charge in [0.05, 0.1) is 5.60 Å². The quantitative estimate of drug-likeness (QED) is 0.693. The number of amides is 2. The molecular formula is C24H37N3O4. The Bertz CT molecular complexity index is 853. The zero-order valence-corrected chi connectivity index (χ0v) is 19.3. The highest BCUT2D eigenvalue weighted by Crippen LogP contribution is 2.24. The number of aryl methyl sites for hydroxylation is 1. The lowest BCUT2D eigenvalue weighted by Crippen LogP contribution is -2.47. The summed E-state index contributed by atoms with van der Waals surface area (Å²) in [4.78, 5) is 39.1. The number of nitrogens with zero attached hydrogens (tertiary/aromatic N) is 1. The van der Waals surface area contributed by atoms with Gasteiger partial charge in [-0.1, -0.05) is 26.7 Å². The molecule has 1 aliphatic heterocycles. The lowest BCUT2D eigenvalue weighted by atomic mass is 9.93. The van der Waals surface area contributed by atoms with E-state index in [-0.39, 0.29) is 34.7 Å². The molecule has 1 saturated heterocycles. The highest BCUT2D eigenvalue weighted by molar-refractivity contribution is 5.99. The third-order valence-electron chi connectivity index (χ3n) is 6.26. The fraction of sp³-hybridized carbons (Fsp3) is 0.708. The largest absolute Gasteiger partial charge is 0.375 e. The van der Waals surface area contributed by atoms with Gasteiger partial charge in [0, 0.05) is 37.6 Å². The maximum absolute atomic E-state index is 13.1. The van der Waals surface area contributed by atoms with Crippen LogP contribution in [0, 0.1) is 5.92 Å². The molecule has 2 N–H and O–H groups in total. The molecule has 1 atom stereocenters. The highest BCUT2D eigenvalue weighted by atomic mass is 16.5. The van der Waals surface area contributed by atoms with Gasteiger partial charge in [-0.2, -0.15) is 0 Å². The average Bonchev–Trinajstić information content (AvgIpc) is 3.19. The van der Waals surface area contributed by atoms with Crippen molar-refractivity contribution in [3.8, 4) is 0 Å². The molecule has 3 rings (SSSR count). The van der Waals surface area contributed by atoms with E-state index in [2.05, 4.69) is 24.5 Å². The lowest BCUT2D eigenvalue weighted by molar-refractivity contribution is -0.0615. The number of ether oxygens (including phenoxy) is 1. The Morgan fingerprint density at radius 2 is 1.65 bits per heavy atom. The summed E-state index contributed by atoms with van der Waals surface area (Å²) in [6, 6.07) is 0.0497. The molecule has 0 spiro atoms. The summed E-state index contributed by atoms with van der Waals surface area (Å²) in [5.74, 6) is -0.324. The molecule has 1 aromatic rings. The number of hydrogen-bond acceptors (Lipinski definition) is 4. The fourth-order valence-electron chi connectivity index (χ4n) is 4.44. The summed E-state index contributed by atoms with van der Waals surface area (Å²) in [5, 5.41) is 5.98. The van der Waals surface area contributed by atoms with Gasteiger partial charge in [0.15, 0.2) is 0 Å². The standard InChI is InChI=1S/C24H37N3O4/c1-16(2)9-11-27-14-19(22(29)25-17-7-5-6-8-17)21(28)20(15-27)23(30)26-18-10-12-31-24(3,4)13-18/h14-18H,5-13H2,1-4H3,(H,25,29)(H,26,30)/t18-/m1/s1. The molecule has 1 aliphatic carbocycles. The van der Waals surface area contributed by atoms with Gasteiger partial charge in [-0.25, -0.2) is 0 Å². The van der Waals surface area contributed by atoms with Crippen LogP contribution in [0.3, 0.4) is 0 Å². The van der Waals surface area contributed by atoms with Gasteiger partial charge in [-0.3, -0.25) is 14.4 Å². The number of pyridine rings is 1. The first kappa shape index (κ1) is 23.5. The van der Waals surface area contributed by atoms with Crippen molar-refractivity contribution < 1.29 is 14.3 Å². The number of aromatic nitrogens is 1. The van der Waals surface area contributed by atoms with Crippen LogP contribution < -0.4 is 16.1 Å². The van der Waals surface area contributed by atoms with Crippen LogP contribution in [0.4, 0.5) is 0 Å². The fourth-order valence-corrected chi connectivity index (χ4v) is 4.44. The second-order valence-electron chi connectivity index (χ2n) is 10.1. The maximum Gasteiger partial charge on any atom is 0.256 e. The minimum Gasteiger partial charge on any atom is -0.375 e. The van der Waals surface area contributed by atoms with E-state index in [0.29, 0.717) is 31.9 Å². The maximum atomic E-state index is 13.1. The van der Waals surface area contributed by atoms with E-state index < -0.39 is 11.3 Å². The number of hydrogen-bond donors (Lipinski definition) is 2. The molecule has 0 aromatic carbocycles. The molecule has 7 heteroatoms. The van der Waals surface area contributed by atoms with E-state index in [0.717, 1.165) is 32.1 Å². The summed E-state index contributed by atoms with van der Waals surface area (Å²) in [6.07, 6.45) is 9.53. The second-order valence-corrected chi connectivity index (χ2v) is 10.1. The third kappa shape index (κ3) is 6.42. The van der Waals surface area contributed by atoms with Crippen molar-refractivity contribution in [2.75, 3.05) is 6.61 Å². The molecule has 0 radical (unpaired) electrons. The molecule has 1 saturated carbocycles. The van der Waals surface area contributed by atoms with Crippen molar-refractivity contribution in [2.24, 2.45) is 5.92 Å². The van der Waals surface area contributed by atoms with Crippen molar-refractivity contribution in [1.29, 1.82) is 0 Å². The molecule has 0 bridgehead atoms. The number of carbonyl (C=O) groups is 2. The molecule has 0 unspecified atom stereocenters. The molecule has 2 amide bonds. The summed E-state index contributed by atoms with van der Waals surface area (Å²) >= 11 is 0. The van der Waals surface area contributed by atoms with Gasteiger partial charge in [-0.15, -0.1) is 0 Å². The van der Waals surface area contributed by atoms with Crippen molar-refractivity contribution in [3.05, 3.63) is 33.7 Å². The van der Waals surface area contributed by atoms with E-state index in [4.69, 9.17) is 4.74 Å². The Hall–Kier alpha value is -2.15. The van der Waals surface area contributed by atoms with Crippen LogP contribution in [0.15, 0.2) is 17.2 Å². The Labute approximate surface area is 184 Å². The smallest absolute Gasteiger partial charge is 0.256 e. The molecular weight excluding hydrogens is 394 g/mol. The second kappa shape index (κ2) is 9.98. The summed E-state index contributed by atoms with van der Waals surface area (Å²) < 4.78 is 7.54. The van der Waals surface area contributed by atoms with Crippen LogP contribution in [0.5, 0.6) is 0 Å². The first-order valence-corrected chi connectivity index (χ1v) is 11.6. The predicted octanol–water partition coefficient (Wildman–Crippen LogP) is 3.25. The monoisotopic (exact) mass is 431 g/mol. The van der Waals surface area contributed by atoms with Gasteiger partial charge >= 0.3 is 0 Å². The van der Waals surface area contributed by atoms with Crippen LogP contribution >= 0.6 is 0 Å². The lowest BCUT2D eigenvalue weighted by Gasteiger charge is -2.35. The van der Waals surface area contributed by atoms with Gasteiger partial charge in [0.1, 0.15) is 11.1 Å². The normalized spacial score (nSPS) is 21.3. The number of rotatable bonds is 7. The van der Waals surface area contributed by atoms with Crippen LogP contribution in [0.2, 0.25) is 0 Å². The predicted molar refractivity (Wildman–Crippen MR) is 120 cm³/mol. The van der Waals surface area contributed by atoms with E-state index >= 15 is 0 Å². The summed E-state index contributed by atoms with van der Waals surface area (Å²) in [7, 11) is 0. The van der Waals surface area contributed by atoms with Gasteiger partial charge < -0.3 is 19.9 Å². The molecule has 2 fully saturated rings. The van der Waals surface area contributed by atoms with E-state index in [9.17, 15) is 14.4 Å². The van der Waals surface area contributed by atoms with Gasteiger partial charge in [0.2, 0.25) is 5.43 Å². The molecule has 172 valence electrons. The first-order valence-electron chi connectivity index (χ1n) is 11.6. The van der Waals surface area contributed by atoms with Crippen LogP contribution in [0.25, 0.3) is 0 Å². The number of nitrogens with one attached hydrogen (secondary N) is 2. The topological polar surface area (TPSA) is 89.4 Å². The van der Waals surface area contributed by atoms with Crippen molar-refractivity contribution in [1.82, 2.24) is 15.2 Å². The zero-order chi connectivity index (χ0) is 22.6. The Balaban J connectivity index is 1.84. The van der Waals surface area contributed by atoms with Crippen molar-refractivity contribution in [3.63, 3.8) is 0 Å². The van der Waals surface area contributed by atoms with Crippen LogP contribution in [0.1, 0.15) is 93.4 Å². The average molecular weight is 432 g/mol. The molecule has 2 heterocycles. The Morgan fingerprint density at radius 1 is 1.06 bits per heavy atom. The number of carbonyl (C=O) groups excluding carboxylic acids is 2. The molecule has 7 nitrogen and oxygen atoms in total. The molecule has 31 heavy (non-hydrogen) atoms.